The van der Waals surface area contributed by atoms with Crippen LogP contribution in [0.2, 0.25) is 0 Å². The molecule has 1 aromatic heterocycles. The third-order valence-electron chi connectivity index (χ3n) is 2.13. The van der Waals surface area contributed by atoms with Gasteiger partial charge in [-0.15, -0.1) is 13.2 Å². The van der Waals surface area contributed by atoms with Crippen LogP contribution in [0.25, 0.3) is 0 Å². The number of carbonyl (C=O) groups is 1. The first-order valence-corrected chi connectivity index (χ1v) is 6.64. The molecule has 1 heterocycles. The second-order valence-electron chi connectivity index (χ2n) is 3.61. The second kappa shape index (κ2) is 7.07. The van der Waals surface area contributed by atoms with Crippen LogP contribution in [-0.4, -0.2) is 23.9 Å². The molecule has 0 amide bonds. The Labute approximate surface area is 126 Å². The fourth-order valence-electron chi connectivity index (χ4n) is 1.38. The summed E-state index contributed by atoms with van der Waals surface area (Å²) in [5.41, 5.74) is 5.62. The predicted molar refractivity (Wildman–Crippen MR) is 71.9 cm³/mol. The minimum Gasteiger partial charge on any atom is -0.466 e. The molecule has 1 rings (SSSR count). The molecule has 112 valence electrons. The van der Waals surface area contributed by atoms with Crippen LogP contribution in [0.4, 0.5) is 13.2 Å². The van der Waals surface area contributed by atoms with Crippen LogP contribution >= 0.6 is 22.6 Å². The molecule has 0 aromatic carbocycles. The molecule has 9 heteroatoms. The topological polar surface area (TPSA) is 74.4 Å². The minimum atomic E-state index is -4.90. The fourth-order valence-corrected chi connectivity index (χ4v) is 2.16. The maximum absolute atomic E-state index is 12.4. The Balaban J connectivity index is 3.15. The molecule has 0 saturated heterocycles. The Kier molecular flexibility index (Phi) is 5.99. The van der Waals surface area contributed by atoms with E-state index in [2.05, 4.69) is 9.72 Å². The van der Waals surface area contributed by atoms with E-state index in [0.29, 0.717) is 3.57 Å². The van der Waals surface area contributed by atoms with Gasteiger partial charge in [0.15, 0.2) is 0 Å². The van der Waals surface area contributed by atoms with Gasteiger partial charge in [-0.2, -0.15) is 0 Å². The molecule has 0 radical (unpaired) electrons. The predicted octanol–water partition coefficient (Wildman–Crippen LogP) is 2.15. The number of esters is 1. The van der Waals surface area contributed by atoms with Crippen molar-refractivity contribution in [2.45, 2.75) is 26.3 Å². The molecular weight excluding hydrogens is 392 g/mol. The van der Waals surface area contributed by atoms with Gasteiger partial charge in [0, 0.05) is 15.7 Å². The van der Waals surface area contributed by atoms with E-state index in [0.717, 1.165) is 0 Å². The number of nitrogens with two attached hydrogens (primary N) is 1. The number of ether oxygens (including phenoxy) is 2. The molecule has 0 aliphatic rings. The highest BCUT2D eigenvalue weighted by molar-refractivity contribution is 14.1. The number of hydrogen-bond acceptors (Lipinski definition) is 5. The van der Waals surface area contributed by atoms with Crippen molar-refractivity contribution in [1.82, 2.24) is 4.98 Å². The van der Waals surface area contributed by atoms with Crippen molar-refractivity contribution in [3.8, 4) is 5.88 Å². The zero-order valence-corrected chi connectivity index (χ0v) is 12.6. The Morgan fingerprint density at radius 2 is 2.15 bits per heavy atom. The average Bonchev–Trinajstić information content (AvgIpc) is 2.31. The summed E-state index contributed by atoms with van der Waals surface area (Å²) in [4.78, 5) is 15.1. The van der Waals surface area contributed by atoms with Gasteiger partial charge in [-0.1, -0.05) is 0 Å². The molecule has 0 saturated carbocycles. The number of nitrogens with zero attached hydrogens (tertiary/aromatic N) is 1. The van der Waals surface area contributed by atoms with E-state index < -0.39 is 18.2 Å². The lowest BCUT2D eigenvalue weighted by atomic mass is 10.2. The molecule has 0 aliphatic carbocycles. The van der Waals surface area contributed by atoms with Gasteiger partial charge in [-0.3, -0.25) is 4.79 Å². The van der Waals surface area contributed by atoms with Crippen molar-refractivity contribution < 1.29 is 27.4 Å². The van der Waals surface area contributed by atoms with Gasteiger partial charge in [0.25, 0.3) is 0 Å². The third kappa shape index (κ3) is 5.12. The summed E-state index contributed by atoms with van der Waals surface area (Å²) in [6.07, 6.45) is -5.25. The standard InChI is InChI=1S/C11H12F3IN2O3/c1-2-19-9(18)4-7-8(15)3-6(5-16)17-10(7)20-11(12,13)14/h3H,2,4-5,16H2,1H3. The van der Waals surface area contributed by atoms with E-state index >= 15 is 0 Å². The molecule has 5 nitrogen and oxygen atoms in total. The Bertz CT molecular complexity index is 495. The maximum Gasteiger partial charge on any atom is 0.574 e. The van der Waals surface area contributed by atoms with E-state index in [1.807, 2.05) is 0 Å². The highest BCUT2D eigenvalue weighted by Gasteiger charge is 2.34. The third-order valence-corrected chi connectivity index (χ3v) is 3.10. The summed E-state index contributed by atoms with van der Waals surface area (Å²) in [6, 6.07) is 1.50. The van der Waals surface area contributed by atoms with Gasteiger partial charge in [0.05, 0.1) is 18.7 Å². The number of pyridine rings is 1. The molecule has 1 aromatic rings. The number of halogens is 4. The van der Waals surface area contributed by atoms with Gasteiger partial charge in [0.1, 0.15) is 0 Å². The summed E-state index contributed by atoms with van der Waals surface area (Å²) in [5, 5.41) is 0. The van der Waals surface area contributed by atoms with Crippen molar-refractivity contribution in [1.29, 1.82) is 0 Å². The summed E-state index contributed by atoms with van der Waals surface area (Å²) in [7, 11) is 0. The van der Waals surface area contributed by atoms with Crippen LogP contribution in [0.3, 0.4) is 0 Å². The molecule has 0 fully saturated rings. The van der Waals surface area contributed by atoms with Gasteiger partial charge in [-0.25, -0.2) is 4.98 Å². The summed E-state index contributed by atoms with van der Waals surface area (Å²) < 4.78 is 46.1. The molecule has 20 heavy (non-hydrogen) atoms. The van der Waals surface area contributed by atoms with E-state index in [-0.39, 0.29) is 30.8 Å². The molecular formula is C11H12F3IN2O3. The largest absolute Gasteiger partial charge is 0.574 e. The Hall–Kier alpha value is -1.10. The average molecular weight is 404 g/mol. The number of alkyl halides is 3. The van der Waals surface area contributed by atoms with Crippen LogP contribution in [0.1, 0.15) is 18.2 Å². The van der Waals surface area contributed by atoms with Gasteiger partial charge in [-0.05, 0) is 35.6 Å². The van der Waals surface area contributed by atoms with E-state index in [4.69, 9.17) is 10.5 Å². The summed E-state index contributed by atoms with van der Waals surface area (Å²) in [6.45, 7) is 1.70. The van der Waals surface area contributed by atoms with Crippen LogP contribution in [0.5, 0.6) is 5.88 Å². The van der Waals surface area contributed by atoms with Crippen LogP contribution in [0.15, 0.2) is 6.07 Å². The van der Waals surface area contributed by atoms with Crippen LogP contribution in [0, 0.1) is 3.57 Å². The SMILES string of the molecule is CCOC(=O)Cc1c(I)cc(CN)nc1OC(F)(F)F. The van der Waals surface area contributed by atoms with E-state index in [1.165, 1.54) is 6.07 Å². The highest BCUT2D eigenvalue weighted by atomic mass is 127. The lowest BCUT2D eigenvalue weighted by molar-refractivity contribution is -0.276. The lowest BCUT2D eigenvalue weighted by Gasteiger charge is -2.14. The highest BCUT2D eigenvalue weighted by Crippen LogP contribution is 2.29. The Morgan fingerprint density at radius 3 is 2.65 bits per heavy atom. The molecule has 0 aliphatic heterocycles. The first-order valence-electron chi connectivity index (χ1n) is 5.56. The van der Waals surface area contributed by atoms with Gasteiger partial charge in [0.2, 0.25) is 5.88 Å². The maximum atomic E-state index is 12.4. The molecule has 0 bridgehead atoms. The number of hydrogen-bond donors (Lipinski definition) is 1. The van der Waals surface area contributed by atoms with Crippen molar-refractivity contribution in [2.75, 3.05) is 6.61 Å². The number of rotatable bonds is 5. The lowest BCUT2D eigenvalue weighted by Crippen LogP contribution is -2.21. The first-order chi connectivity index (χ1) is 9.26. The smallest absolute Gasteiger partial charge is 0.466 e. The fraction of sp³-hybridized carbons (Fsp3) is 0.455. The first kappa shape index (κ1) is 17.0. The number of aromatic nitrogens is 1. The van der Waals surface area contributed by atoms with Crippen molar-refractivity contribution in [3.05, 3.63) is 20.9 Å². The van der Waals surface area contributed by atoms with E-state index in [1.54, 1.807) is 29.5 Å². The van der Waals surface area contributed by atoms with Crippen molar-refractivity contribution >= 4 is 28.6 Å². The number of carbonyl (C=O) groups excluding carboxylic acids is 1. The van der Waals surface area contributed by atoms with Crippen LogP contribution in [-0.2, 0) is 22.5 Å². The quantitative estimate of drug-likeness (QED) is 0.602. The van der Waals surface area contributed by atoms with Gasteiger partial charge < -0.3 is 15.2 Å². The monoisotopic (exact) mass is 404 g/mol. The molecule has 0 unspecified atom stereocenters. The Morgan fingerprint density at radius 1 is 1.50 bits per heavy atom. The van der Waals surface area contributed by atoms with Crippen molar-refractivity contribution in [2.24, 2.45) is 5.73 Å². The van der Waals surface area contributed by atoms with Crippen molar-refractivity contribution in [3.63, 3.8) is 0 Å². The summed E-state index contributed by atoms with van der Waals surface area (Å²) >= 11 is 1.80. The minimum absolute atomic E-state index is 0.0265. The van der Waals surface area contributed by atoms with E-state index in [9.17, 15) is 18.0 Å². The van der Waals surface area contributed by atoms with Crippen LogP contribution < -0.4 is 10.5 Å². The second-order valence-corrected chi connectivity index (χ2v) is 4.78. The molecule has 0 atom stereocenters. The van der Waals surface area contributed by atoms with Gasteiger partial charge >= 0.3 is 12.3 Å². The zero-order valence-electron chi connectivity index (χ0n) is 10.5. The molecule has 2 N–H and O–H groups in total. The summed E-state index contributed by atoms with van der Waals surface area (Å²) in [5.74, 6) is -1.32. The zero-order chi connectivity index (χ0) is 15.3. The normalized spacial score (nSPS) is 11.3. The molecule has 0 spiro atoms.